The van der Waals surface area contributed by atoms with Crippen LogP contribution in [0.5, 0.6) is 0 Å². The first-order valence-electron chi connectivity index (χ1n) is 19.5. The fourth-order valence-electron chi connectivity index (χ4n) is 8.45. The molecule has 8 rings (SSSR count). The maximum atomic E-state index is 12.7. The Morgan fingerprint density at radius 2 is 0.949 bits per heavy atom. The van der Waals surface area contributed by atoms with Crippen LogP contribution in [0, 0.1) is 0 Å². The van der Waals surface area contributed by atoms with Crippen molar-refractivity contribution >= 4 is 55.4 Å². The highest BCUT2D eigenvalue weighted by molar-refractivity contribution is 7.90. The topological polar surface area (TPSA) is 253 Å². The van der Waals surface area contributed by atoms with Gasteiger partial charge in [0.05, 0.1) is 0 Å². The quantitative estimate of drug-likeness (QED) is 0.142. The van der Waals surface area contributed by atoms with Gasteiger partial charge in [-0.25, -0.2) is 23.8 Å². The summed E-state index contributed by atoms with van der Waals surface area (Å²) in [6, 6.07) is 4.71. The number of benzene rings is 2. The molecular weight excluding hydrogens is 803 g/mol. The maximum absolute atomic E-state index is 12.7. The molecule has 0 fully saturated rings. The van der Waals surface area contributed by atoms with E-state index in [-0.39, 0.29) is 22.5 Å². The minimum absolute atomic E-state index is 0.0909. The molecule has 6 N–H and O–H groups in total. The number of rotatable bonds is 9. The molecule has 20 heteroatoms. The van der Waals surface area contributed by atoms with Crippen molar-refractivity contribution in [3.63, 3.8) is 0 Å². The Kier molecular flexibility index (Phi) is 11.3. The van der Waals surface area contributed by atoms with Gasteiger partial charge in [0.25, 0.3) is 26.0 Å². The lowest BCUT2D eigenvalue weighted by atomic mass is 9.99. The summed E-state index contributed by atoms with van der Waals surface area (Å²) in [4.78, 5) is 48.4. The SMILES string of the molecule is CC(C)NC(=O)c1cc(S(=O)(=O)NC(=O)Nc2c3c(cc4c2CCC4)CCC3)nn1C.Cn1nc(S(=O)(=O)NC(=O)Nc2c3c(cc4c2CCC4)CCC3)cc1C(=O)O. The van der Waals surface area contributed by atoms with Crippen molar-refractivity contribution in [2.75, 3.05) is 10.6 Å². The van der Waals surface area contributed by atoms with E-state index in [0.717, 1.165) is 127 Å². The third kappa shape index (κ3) is 8.54. The van der Waals surface area contributed by atoms with E-state index in [1.165, 1.54) is 41.0 Å². The van der Waals surface area contributed by atoms with Crippen LogP contribution >= 0.6 is 0 Å². The second kappa shape index (κ2) is 16.1. The number of carbonyl (C=O) groups excluding carboxylic acids is 3. The molecule has 0 saturated heterocycles. The monoisotopic (exact) mass is 849 g/mol. The molecule has 0 atom stereocenters. The minimum atomic E-state index is -4.30. The number of sulfonamides is 2. The number of aromatic nitrogens is 4. The summed E-state index contributed by atoms with van der Waals surface area (Å²) in [5.41, 5.74) is 10.6. The highest BCUT2D eigenvalue weighted by atomic mass is 32.2. The average Bonchev–Trinajstić information content (AvgIpc) is 3.99. The standard InChI is InChI=1S/C21H27N5O4S.C18H20N4O5S/c1-12(2)22-20(27)17-11-18(24-26(17)3)31(29,30)25-21(28)23-19-15-8-4-6-13(15)10-14-7-5-9-16(14)19;1-22-14(17(23)24)9-15(20-22)28(26,27)21-18(25)19-16-12-6-2-4-10(12)8-11-5-3-7-13(11)16/h10-12H,4-9H2,1-3H3,(H,22,27)(H2,23,25,28);8-9H,2-7H2,1H3,(H,23,24)(H2,19,21,25). The highest BCUT2D eigenvalue weighted by Crippen LogP contribution is 2.40. The van der Waals surface area contributed by atoms with Gasteiger partial charge in [0.1, 0.15) is 11.4 Å². The van der Waals surface area contributed by atoms with Crippen molar-refractivity contribution in [3.8, 4) is 0 Å². The number of anilines is 2. The number of carbonyl (C=O) groups is 4. The third-order valence-electron chi connectivity index (χ3n) is 11.0. The predicted octanol–water partition coefficient (Wildman–Crippen LogP) is 3.65. The van der Waals surface area contributed by atoms with Crippen LogP contribution < -0.4 is 25.4 Å². The first-order valence-corrected chi connectivity index (χ1v) is 22.5. The Bertz CT molecular complexity index is 2570. The van der Waals surface area contributed by atoms with Gasteiger partial charge in [0.15, 0.2) is 10.1 Å². The van der Waals surface area contributed by atoms with Crippen molar-refractivity contribution in [2.24, 2.45) is 14.1 Å². The van der Waals surface area contributed by atoms with Gasteiger partial charge in [-0.15, -0.1) is 0 Å². The molecule has 2 heterocycles. The van der Waals surface area contributed by atoms with Crippen molar-refractivity contribution in [1.82, 2.24) is 34.3 Å². The summed E-state index contributed by atoms with van der Waals surface area (Å²) in [6.45, 7) is 3.60. The van der Waals surface area contributed by atoms with Gasteiger partial charge >= 0.3 is 18.0 Å². The molecule has 0 radical (unpaired) electrons. The largest absolute Gasteiger partial charge is 0.477 e. The van der Waals surface area contributed by atoms with Crippen LogP contribution in [-0.4, -0.2) is 71.5 Å². The Labute approximate surface area is 341 Å². The van der Waals surface area contributed by atoms with E-state index in [4.69, 9.17) is 5.11 Å². The van der Waals surface area contributed by atoms with Gasteiger partial charge in [0, 0.05) is 43.6 Å². The molecule has 0 aliphatic heterocycles. The summed E-state index contributed by atoms with van der Waals surface area (Å²) >= 11 is 0. The number of carboxylic acid groups (broad SMARTS) is 1. The minimum Gasteiger partial charge on any atom is -0.477 e. The fourth-order valence-corrected chi connectivity index (χ4v) is 10.2. The lowest BCUT2D eigenvalue weighted by Crippen LogP contribution is -2.35. The van der Waals surface area contributed by atoms with Gasteiger partial charge in [-0.05, 0) is 135 Å². The zero-order valence-corrected chi connectivity index (χ0v) is 34.8. The smallest absolute Gasteiger partial charge is 0.354 e. The average molecular weight is 850 g/mol. The van der Waals surface area contributed by atoms with Gasteiger partial charge < -0.3 is 21.1 Å². The van der Waals surface area contributed by atoms with E-state index >= 15 is 0 Å². The first kappa shape index (κ1) is 41.4. The number of nitrogens with one attached hydrogen (secondary N) is 5. The number of carboxylic acids is 1. The van der Waals surface area contributed by atoms with E-state index in [0.29, 0.717) is 0 Å². The Morgan fingerprint density at radius 1 is 0.593 bits per heavy atom. The number of aromatic carboxylic acids is 1. The summed E-state index contributed by atoms with van der Waals surface area (Å²) in [6.07, 6.45) is 11.4. The Balaban J connectivity index is 0.000000180. The summed E-state index contributed by atoms with van der Waals surface area (Å²) < 4.78 is 56.5. The van der Waals surface area contributed by atoms with Crippen molar-refractivity contribution in [3.05, 3.63) is 80.2 Å². The van der Waals surface area contributed by atoms with Crippen molar-refractivity contribution in [1.29, 1.82) is 0 Å². The van der Waals surface area contributed by atoms with Crippen LogP contribution in [0.2, 0.25) is 0 Å². The summed E-state index contributed by atoms with van der Waals surface area (Å²) in [7, 11) is -5.75. The van der Waals surface area contributed by atoms with Crippen LogP contribution in [0.15, 0.2) is 34.3 Å². The molecule has 0 unspecified atom stereocenters. The molecule has 314 valence electrons. The van der Waals surface area contributed by atoms with Crippen LogP contribution in [0.4, 0.5) is 21.0 Å². The molecule has 4 aliphatic rings. The molecule has 4 aliphatic carbocycles. The normalized spacial score (nSPS) is 15.1. The maximum Gasteiger partial charge on any atom is 0.354 e. The number of amides is 5. The molecule has 0 spiro atoms. The van der Waals surface area contributed by atoms with Crippen LogP contribution in [-0.2, 0) is 85.5 Å². The van der Waals surface area contributed by atoms with Gasteiger partial charge in [-0.1, -0.05) is 12.1 Å². The molecule has 0 bridgehead atoms. The molecule has 59 heavy (non-hydrogen) atoms. The third-order valence-corrected chi connectivity index (χ3v) is 13.4. The molecule has 2 aromatic carbocycles. The Morgan fingerprint density at radius 3 is 1.29 bits per heavy atom. The van der Waals surface area contributed by atoms with E-state index in [1.807, 2.05) is 9.44 Å². The number of hydrogen-bond donors (Lipinski definition) is 6. The van der Waals surface area contributed by atoms with Crippen molar-refractivity contribution < 1.29 is 41.1 Å². The molecule has 4 aromatic rings. The van der Waals surface area contributed by atoms with Crippen LogP contribution in [0.1, 0.15) is 105 Å². The van der Waals surface area contributed by atoms with Gasteiger partial charge in [0.2, 0.25) is 0 Å². The first-order chi connectivity index (χ1) is 27.9. The summed E-state index contributed by atoms with van der Waals surface area (Å²) in [5, 5.41) is 24.0. The van der Waals surface area contributed by atoms with Crippen LogP contribution in [0.25, 0.3) is 0 Å². The van der Waals surface area contributed by atoms with E-state index in [2.05, 4.69) is 38.3 Å². The number of hydrogen-bond acceptors (Lipinski definition) is 10. The second-order valence-electron chi connectivity index (χ2n) is 15.5. The molecule has 0 saturated carbocycles. The van der Waals surface area contributed by atoms with Gasteiger partial charge in [-0.3, -0.25) is 14.2 Å². The molecule has 2 aromatic heterocycles. The molecular formula is C39H47N9O9S2. The summed E-state index contributed by atoms with van der Waals surface area (Å²) in [5.74, 6) is -1.75. The fraction of sp³-hybridized carbons (Fsp3) is 0.436. The number of nitrogens with zero attached hydrogens (tertiary/aromatic N) is 4. The highest BCUT2D eigenvalue weighted by Gasteiger charge is 2.30. The molecule has 5 amide bonds. The predicted molar refractivity (Wildman–Crippen MR) is 216 cm³/mol. The van der Waals surface area contributed by atoms with E-state index in [9.17, 15) is 36.0 Å². The zero-order chi connectivity index (χ0) is 42.4. The van der Waals surface area contributed by atoms with Gasteiger partial charge in [-0.2, -0.15) is 27.0 Å². The van der Waals surface area contributed by atoms with Crippen LogP contribution in [0.3, 0.4) is 0 Å². The molecule has 18 nitrogen and oxygen atoms in total. The lowest BCUT2D eigenvalue weighted by molar-refractivity contribution is 0.0684. The zero-order valence-electron chi connectivity index (χ0n) is 33.2. The number of urea groups is 2. The second-order valence-corrected chi connectivity index (χ2v) is 18.8. The van der Waals surface area contributed by atoms with E-state index < -0.39 is 49.0 Å². The Hall–Kier alpha value is -5.76. The number of aryl methyl sites for hydroxylation is 6. The van der Waals surface area contributed by atoms with Crippen molar-refractivity contribution in [2.45, 2.75) is 107 Å². The number of fused-ring (bicyclic) bond motifs is 4. The van der Waals surface area contributed by atoms with E-state index in [1.54, 1.807) is 13.8 Å². The lowest BCUT2D eigenvalue weighted by Gasteiger charge is -2.16.